The number of hydrogen-bond donors (Lipinski definition) is 2. The van der Waals surface area contributed by atoms with E-state index >= 15 is 0 Å². The van der Waals surface area contributed by atoms with E-state index in [1.807, 2.05) is 45.0 Å². The number of ether oxygens (including phenoxy) is 1. The summed E-state index contributed by atoms with van der Waals surface area (Å²) in [5.74, 6) is 0. The van der Waals surface area contributed by atoms with E-state index in [9.17, 15) is 5.11 Å². The number of aliphatic hydroxyl groups is 1. The fourth-order valence-corrected chi connectivity index (χ4v) is 3.42. The summed E-state index contributed by atoms with van der Waals surface area (Å²) >= 11 is 6.36. The molecular formula is C16H25ClN2O2. The highest BCUT2D eigenvalue weighted by molar-refractivity contribution is 6.31. The third-order valence-electron chi connectivity index (χ3n) is 3.83. The van der Waals surface area contributed by atoms with Crippen LogP contribution >= 0.6 is 11.6 Å². The van der Waals surface area contributed by atoms with Crippen molar-refractivity contribution in [2.45, 2.75) is 44.6 Å². The van der Waals surface area contributed by atoms with Crippen molar-refractivity contribution in [2.75, 3.05) is 19.7 Å². The summed E-state index contributed by atoms with van der Waals surface area (Å²) in [6, 6.07) is 7.75. The number of nitrogens with zero attached hydrogens (tertiary/aromatic N) is 1. The highest BCUT2D eigenvalue weighted by Gasteiger charge is 2.38. The lowest BCUT2D eigenvalue weighted by molar-refractivity contribution is -0.158. The molecule has 3 N–H and O–H groups in total. The summed E-state index contributed by atoms with van der Waals surface area (Å²) in [6.07, 6.45) is -0.197. The molecule has 0 aromatic heterocycles. The first-order chi connectivity index (χ1) is 9.84. The van der Waals surface area contributed by atoms with Crippen molar-refractivity contribution in [2.24, 2.45) is 5.73 Å². The Bertz CT molecular complexity index is 479. The fourth-order valence-electron chi connectivity index (χ4n) is 3.18. The number of benzene rings is 1. The van der Waals surface area contributed by atoms with Gasteiger partial charge in [0.25, 0.3) is 0 Å². The second-order valence-corrected chi connectivity index (χ2v) is 6.84. The molecule has 1 aromatic carbocycles. The molecule has 1 aliphatic rings. The van der Waals surface area contributed by atoms with Gasteiger partial charge in [-0.2, -0.15) is 0 Å². The minimum atomic E-state index is -0.319. The van der Waals surface area contributed by atoms with Gasteiger partial charge in [-0.05, 0) is 32.4 Å². The Labute approximate surface area is 131 Å². The first kappa shape index (κ1) is 16.7. The van der Waals surface area contributed by atoms with Crippen molar-refractivity contribution >= 4 is 11.6 Å². The minimum Gasteiger partial charge on any atom is -0.394 e. The van der Waals surface area contributed by atoms with E-state index in [-0.39, 0.29) is 30.4 Å². The minimum absolute atomic E-state index is 0.00806. The van der Waals surface area contributed by atoms with Crippen LogP contribution in [0.3, 0.4) is 0 Å². The van der Waals surface area contributed by atoms with E-state index < -0.39 is 0 Å². The van der Waals surface area contributed by atoms with Gasteiger partial charge in [0.15, 0.2) is 0 Å². The van der Waals surface area contributed by atoms with Gasteiger partial charge in [-0.15, -0.1) is 0 Å². The average Bonchev–Trinajstić information content (AvgIpc) is 2.39. The third-order valence-corrected chi connectivity index (χ3v) is 4.17. The number of nitrogens with two attached hydrogens (primary N) is 1. The first-order valence-corrected chi connectivity index (χ1v) is 7.74. The predicted octanol–water partition coefficient (Wildman–Crippen LogP) is 2.20. The van der Waals surface area contributed by atoms with E-state index in [2.05, 4.69) is 4.90 Å². The van der Waals surface area contributed by atoms with Crippen LogP contribution in [0.4, 0.5) is 0 Å². The Balaban J connectivity index is 2.32. The molecule has 3 unspecified atom stereocenters. The zero-order chi connectivity index (χ0) is 15.6. The number of morpholine rings is 1. The number of aliphatic hydroxyl groups excluding tert-OH is 1. The lowest BCUT2D eigenvalue weighted by Crippen LogP contribution is -2.56. The van der Waals surface area contributed by atoms with Crippen molar-refractivity contribution in [3.05, 3.63) is 34.9 Å². The molecule has 1 saturated heterocycles. The van der Waals surface area contributed by atoms with Gasteiger partial charge in [-0.25, -0.2) is 0 Å². The first-order valence-electron chi connectivity index (χ1n) is 7.37. The summed E-state index contributed by atoms with van der Waals surface area (Å²) in [5, 5.41) is 10.2. The molecule has 0 saturated carbocycles. The largest absolute Gasteiger partial charge is 0.394 e. The molecule has 1 heterocycles. The van der Waals surface area contributed by atoms with Crippen molar-refractivity contribution in [3.63, 3.8) is 0 Å². The van der Waals surface area contributed by atoms with Crippen LogP contribution in [0, 0.1) is 0 Å². The van der Waals surface area contributed by atoms with Crippen molar-refractivity contribution in [1.82, 2.24) is 4.90 Å². The lowest BCUT2D eigenvalue weighted by Gasteiger charge is -2.46. The molecule has 0 amide bonds. The molecule has 0 spiro atoms. The van der Waals surface area contributed by atoms with Gasteiger partial charge in [-0.3, -0.25) is 4.90 Å². The van der Waals surface area contributed by atoms with E-state index in [0.29, 0.717) is 6.54 Å². The monoisotopic (exact) mass is 312 g/mol. The van der Waals surface area contributed by atoms with Crippen LogP contribution in [0.15, 0.2) is 24.3 Å². The zero-order valence-corrected chi connectivity index (χ0v) is 13.7. The summed E-state index contributed by atoms with van der Waals surface area (Å²) in [7, 11) is 0. The SMILES string of the molecule is CC(N)C(c1ccccc1Cl)N1CC(CO)OC(C)(C)C1. The van der Waals surface area contributed by atoms with E-state index in [4.69, 9.17) is 22.1 Å². The molecule has 4 nitrogen and oxygen atoms in total. The predicted molar refractivity (Wildman–Crippen MR) is 85.5 cm³/mol. The maximum Gasteiger partial charge on any atom is 0.0940 e. The molecule has 21 heavy (non-hydrogen) atoms. The molecular weight excluding hydrogens is 288 g/mol. The van der Waals surface area contributed by atoms with E-state index in [1.165, 1.54) is 0 Å². The number of halogens is 1. The van der Waals surface area contributed by atoms with Crippen LogP contribution < -0.4 is 5.73 Å². The summed E-state index contributed by atoms with van der Waals surface area (Å²) < 4.78 is 5.88. The highest BCUT2D eigenvalue weighted by atomic mass is 35.5. The van der Waals surface area contributed by atoms with Gasteiger partial charge in [-0.1, -0.05) is 29.8 Å². The molecule has 118 valence electrons. The van der Waals surface area contributed by atoms with Crippen LogP contribution in [0.2, 0.25) is 5.02 Å². The van der Waals surface area contributed by atoms with Crippen molar-refractivity contribution < 1.29 is 9.84 Å². The molecule has 0 bridgehead atoms. The number of rotatable bonds is 4. The lowest BCUT2D eigenvalue weighted by atomic mass is 9.95. The van der Waals surface area contributed by atoms with Gasteiger partial charge >= 0.3 is 0 Å². The summed E-state index contributed by atoms with van der Waals surface area (Å²) in [4.78, 5) is 2.27. The molecule has 3 atom stereocenters. The van der Waals surface area contributed by atoms with Crippen LogP contribution in [0.1, 0.15) is 32.4 Å². The summed E-state index contributed by atoms with van der Waals surface area (Å²) in [5.41, 5.74) is 6.95. The zero-order valence-electron chi connectivity index (χ0n) is 12.9. The van der Waals surface area contributed by atoms with Crippen LogP contribution in [-0.4, -0.2) is 47.4 Å². The summed E-state index contributed by atoms with van der Waals surface area (Å²) in [6.45, 7) is 7.47. The van der Waals surface area contributed by atoms with Crippen molar-refractivity contribution in [1.29, 1.82) is 0 Å². The number of hydrogen-bond acceptors (Lipinski definition) is 4. The molecule has 1 aliphatic heterocycles. The Morgan fingerprint density at radius 1 is 1.48 bits per heavy atom. The van der Waals surface area contributed by atoms with Crippen LogP contribution in [-0.2, 0) is 4.74 Å². The fraction of sp³-hybridized carbons (Fsp3) is 0.625. The van der Waals surface area contributed by atoms with Gasteiger partial charge in [0.2, 0.25) is 0 Å². The molecule has 1 aromatic rings. The quantitative estimate of drug-likeness (QED) is 0.895. The standard InChI is InChI=1S/C16H25ClN2O2/c1-11(18)15(13-6-4-5-7-14(13)17)19-8-12(9-20)21-16(2,3)10-19/h4-7,11-12,15,20H,8-10,18H2,1-3H3. The van der Waals surface area contributed by atoms with Gasteiger partial charge in [0.05, 0.1) is 24.4 Å². The molecule has 5 heteroatoms. The maximum absolute atomic E-state index is 9.48. The highest BCUT2D eigenvalue weighted by Crippen LogP contribution is 2.33. The van der Waals surface area contributed by atoms with Crippen LogP contribution in [0.5, 0.6) is 0 Å². The Morgan fingerprint density at radius 2 is 2.14 bits per heavy atom. The van der Waals surface area contributed by atoms with E-state index in [0.717, 1.165) is 17.1 Å². The molecule has 0 aliphatic carbocycles. The Morgan fingerprint density at radius 3 is 2.71 bits per heavy atom. The second-order valence-electron chi connectivity index (χ2n) is 6.44. The second kappa shape index (κ2) is 6.63. The van der Waals surface area contributed by atoms with Crippen molar-refractivity contribution in [3.8, 4) is 0 Å². The third kappa shape index (κ3) is 3.96. The average molecular weight is 313 g/mol. The normalized spacial score (nSPS) is 25.5. The van der Waals surface area contributed by atoms with Gasteiger partial charge < -0.3 is 15.6 Å². The Kier molecular flexibility index (Phi) is 5.28. The van der Waals surface area contributed by atoms with E-state index in [1.54, 1.807) is 0 Å². The van der Waals surface area contributed by atoms with Crippen LogP contribution in [0.25, 0.3) is 0 Å². The smallest absolute Gasteiger partial charge is 0.0940 e. The maximum atomic E-state index is 9.48. The Hall–Kier alpha value is -0.650. The topological polar surface area (TPSA) is 58.7 Å². The molecule has 0 radical (unpaired) electrons. The molecule has 1 fully saturated rings. The molecule has 2 rings (SSSR count). The van der Waals surface area contributed by atoms with Gasteiger partial charge in [0, 0.05) is 24.2 Å². The van der Waals surface area contributed by atoms with Gasteiger partial charge in [0.1, 0.15) is 0 Å².